The minimum absolute atomic E-state index is 0.108. The van der Waals surface area contributed by atoms with E-state index in [0.29, 0.717) is 22.8 Å². The number of ether oxygens (including phenoxy) is 3. The van der Waals surface area contributed by atoms with Crippen LogP contribution in [-0.2, 0) is 0 Å². The fourth-order valence-electron chi connectivity index (χ4n) is 3.10. The highest BCUT2D eigenvalue weighted by atomic mass is 16.5. The van der Waals surface area contributed by atoms with Crippen molar-refractivity contribution in [2.45, 2.75) is 32.2 Å². The highest BCUT2D eigenvalue weighted by molar-refractivity contribution is 5.95. The highest BCUT2D eigenvalue weighted by Crippen LogP contribution is 2.38. The average molecular weight is 336 g/mol. The highest BCUT2D eigenvalue weighted by Gasteiger charge is 2.22. The second-order valence-electron chi connectivity index (χ2n) is 6.00. The second kappa shape index (κ2) is 8.78. The Morgan fingerprint density at radius 2 is 1.71 bits per heavy atom. The van der Waals surface area contributed by atoms with Gasteiger partial charge in [-0.3, -0.25) is 4.79 Å². The van der Waals surface area contributed by atoms with Gasteiger partial charge in [0, 0.05) is 24.7 Å². The first-order valence-corrected chi connectivity index (χ1v) is 8.46. The molecule has 1 aromatic rings. The smallest absolute Gasteiger partial charge is 0.251 e. The standard InChI is InChI=1S/C18H28N2O4/c1-5-8-20-9-6-14(7-10-20)19-18(21)13-11-15(22-2)17(24-4)16(12-13)23-3/h11-12,14H,5-10H2,1-4H3,(H,19,21). The molecule has 1 fully saturated rings. The third-order valence-electron chi connectivity index (χ3n) is 4.39. The summed E-state index contributed by atoms with van der Waals surface area (Å²) in [5, 5.41) is 3.12. The van der Waals surface area contributed by atoms with Gasteiger partial charge in [0.2, 0.25) is 5.75 Å². The molecule has 1 aromatic carbocycles. The van der Waals surface area contributed by atoms with E-state index in [9.17, 15) is 4.79 Å². The fourth-order valence-corrected chi connectivity index (χ4v) is 3.10. The molecule has 0 spiro atoms. The Bertz CT molecular complexity index is 529. The molecule has 6 heteroatoms. The van der Waals surface area contributed by atoms with Crippen molar-refractivity contribution in [1.29, 1.82) is 0 Å². The number of amides is 1. The van der Waals surface area contributed by atoms with E-state index in [2.05, 4.69) is 17.1 Å². The zero-order chi connectivity index (χ0) is 17.5. The molecule has 0 radical (unpaired) electrons. The summed E-state index contributed by atoms with van der Waals surface area (Å²) in [4.78, 5) is 15.0. The van der Waals surface area contributed by atoms with Crippen LogP contribution in [0.5, 0.6) is 17.2 Å². The van der Waals surface area contributed by atoms with E-state index in [1.165, 1.54) is 6.42 Å². The van der Waals surface area contributed by atoms with Crippen LogP contribution in [0.4, 0.5) is 0 Å². The Morgan fingerprint density at radius 3 is 2.17 bits per heavy atom. The monoisotopic (exact) mass is 336 g/mol. The van der Waals surface area contributed by atoms with Crippen molar-refractivity contribution in [3.05, 3.63) is 17.7 Å². The quantitative estimate of drug-likeness (QED) is 0.828. The SMILES string of the molecule is CCCN1CCC(NC(=O)c2cc(OC)c(OC)c(OC)c2)CC1. The van der Waals surface area contributed by atoms with Crippen molar-refractivity contribution < 1.29 is 19.0 Å². The number of piperidine rings is 1. The molecule has 134 valence electrons. The zero-order valence-corrected chi connectivity index (χ0v) is 15.1. The van der Waals surface area contributed by atoms with E-state index < -0.39 is 0 Å². The Kier molecular flexibility index (Phi) is 6.73. The van der Waals surface area contributed by atoms with Gasteiger partial charge in [-0.1, -0.05) is 6.92 Å². The molecule has 1 saturated heterocycles. The van der Waals surface area contributed by atoms with Crippen molar-refractivity contribution in [1.82, 2.24) is 10.2 Å². The Balaban J connectivity index is 2.05. The molecule has 6 nitrogen and oxygen atoms in total. The van der Waals surface area contributed by atoms with Crippen LogP contribution >= 0.6 is 0 Å². The molecule has 2 rings (SSSR count). The molecular weight excluding hydrogens is 308 g/mol. The molecule has 0 atom stereocenters. The molecule has 0 bridgehead atoms. The Labute approximate surface area is 144 Å². The maximum Gasteiger partial charge on any atom is 0.251 e. The molecule has 1 N–H and O–H groups in total. The van der Waals surface area contributed by atoms with Crippen LogP contribution in [0.25, 0.3) is 0 Å². The largest absolute Gasteiger partial charge is 0.493 e. The van der Waals surface area contributed by atoms with Gasteiger partial charge in [0.15, 0.2) is 11.5 Å². The van der Waals surface area contributed by atoms with Crippen LogP contribution in [0, 0.1) is 0 Å². The van der Waals surface area contributed by atoms with E-state index in [1.54, 1.807) is 33.5 Å². The summed E-state index contributed by atoms with van der Waals surface area (Å²) in [7, 11) is 4.63. The topological polar surface area (TPSA) is 60.0 Å². The number of methoxy groups -OCH3 is 3. The number of rotatable bonds is 7. The van der Waals surface area contributed by atoms with E-state index in [-0.39, 0.29) is 11.9 Å². The lowest BCUT2D eigenvalue weighted by atomic mass is 10.0. The van der Waals surface area contributed by atoms with E-state index in [1.807, 2.05) is 0 Å². The summed E-state index contributed by atoms with van der Waals surface area (Å²) in [5.74, 6) is 1.35. The lowest BCUT2D eigenvalue weighted by Gasteiger charge is -2.32. The molecular formula is C18H28N2O4. The number of carbonyl (C=O) groups excluding carboxylic acids is 1. The van der Waals surface area contributed by atoms with Crippen LogP contribution in [0.3, 0.4) is 0 Å². The fraction of sp³-hybridized carbons (Fsp3) is 0.611. The summed E-state index contributed by atoms with van der Waals surface area (Å²) in [6, 6.07) is 3.58. The summed E-state index contributed by atoms with van der Waals surface area (Å²) in [6.45, 7) is 5.40. The molecule has 0 aliphatic carbocycles. The van der Waals surface area contributed by atoms with E-state index in [0.717, 1.165) is 32.5 Å². The lowest BCUT2D eigenvalue weighted by Crippen LogP contribution is -2.44. The normalized spacial score (nSPS) is 15.8. The van der Waals surface area contributed by atoms with Crippen molar-refractivity contribution in [2.24, 2.45) is 0 Å². The van der Waals surface area contributed by atoms with Gasteiger partial charge in [0.1, 0.15) is 0 Å². The number of hydrogen-bond acceptors (Lipinski definition) is 5. The summed E-state index contributed by atoms with van der Waals surface area (Å²) in [5.41, 5.74) is 0.514. The van der Waals surface area contributed by atoms with Gasteiger partial charge >= 0.3 is 0 Å². The number of benzene rings is 1. The first-order chi connectivity index (χ1) is 11.6. The van der Waals surface area contributed by atoms with Gasteiger partial charge in [-0.2, -0.15) is 0 Å². The van der Waals surface area contributed by atoms with E-state index in [4.69, 9.17) is 14.2 Å². The van der Waals surface area contributed by atoms with Crippen LogP contribution in [0.15, 0.2) is 12.1 Å². The molecule has 1 aliphatic heterocycles. The maximum atomic E-state index is 12.6. The number of nitrogens with zero attached hydrogens (tertiary/aromatic N) is 1. The molecule has 24 heavy (non-hydrogen) atoms. The van der Waals surface area contributed by atoms with Crippen molar-refractivity contribution in [2.75, 3.05) is 41.0 Å². The third-order valence-corrected chi connectivity index (χ3v) is 4.39. The third kappa shape index (κ3) is 4.32. The van der Waals surface area contributed by atoms with Crippen LogP contribution in [-0.4, -0.2) is 57.8 Å². The van der Waals surface area contributed by atoms with Crippen molar-refractivity contribution in [3.63, 3.8) is 0 Å². The predicted octanol–water partition coefficient (Wildman–Crippen LogP) is 2.32. The van der Waals surface area contributed by atoms with Gasteiger partial charge in [0.05, 0.1) is 21.3 Å². The molecule has 0 aromatic heterocycles. The lowest BCUT2D eigenvalue weighted by molar-refractivity contribution is 0.0910. The van der Waals surface area contributed by atoms with Gasteiger partial charge in [-0.25, -0.2) is 0 Å². The van der Waals surface area contributed by atoms with Gasteiger partial charge in [-0.15, -0.1) is 0 Å². The first-order valence-electron chi connectivity index (χ1n) is 8.46. The van der Waals surface area contributed by atoms with Crippen LogP contribution in [0.1, 0.15) is 36.5 Å². The number of carbonyl (C=O) groups is 1. The van der Waals surface area contributed by atoms with Crippen LogP contribution in [0.2, 0.25) is 0 Å². The minimum atomic E-state index is -0.108. The number of nitrogens with one attached hydrogen (secondary N) is 1. The summed E-state index contributed by atoms with van der Waals surface area (Å²) in [6.07, 6.45) is 3.13. The Hall–Kier alpha value is -1.95. The molecule has 1 aliphatic rings. The van der Waals surface area contributed by atoms with Gasteiger partial charge in [0.25, 0.3) is 5.91 Å². The Morgan fingerprint density at radius 1 is 1.12 bits per heavy atom. The second-order valence-corrected chi connectivity index (χ2v) is 6.00. The predicted molar refractivity (Wildman–Crippen MR) is 93.3 cm³/mol. The van der Waals surface area contributed by atoms with Crippen LogP contribution < -0.4 is 19.5 Å². The van der Waals surface area contributed by atoms with E-state index >= 15 is 0 Å². The van der Waals surface area contributed by atoms with Crippen molar-refractivity contribution in [3.8, 4) is 17.2 Å². The molecule has 0 saturated carbocycles. The molecule has 1 amide bonds. The maximum absolute atomic E-state index is 12.6. The number of hydrogen-bond donors (Lipinski definition) is 1. The van der Waals surface area contributed by atoms with Gasteiger partial charge < -0.3 is 24.4 Å². The summed E-state index contributed by atoms with van der Waals surface area (Å²) < 4.78 is 15.9. The van der Waals surface area contributed by atoms with Crippen molar-refractivity contribution >= 4 is 5.91 Å². The molecule has 1 heterocycles. The minimum Gasteiger partial charge on any atom is -0.493 e. The zero-order valence-electron chi connectivity index (χ0n) is 15.1. The van der Waals surface area contributed by atoms with Gasteiger partial charge in [-0.05, 0) is 37.9 Å². The molecule has 0 unspecified atom stereocenters. The average Bonchev–Trinajstić information content (AvgIpc) is 2.62. The summed E-state index contributed by atoms with van der Waals surface area (Å²) >= 11 is 0. The number of likely N-dealkylation sites (tertiary alicyclic amines) is 1. The first kappa shape index (κ1) is 18.4.